The fourth-order valence-electron chi connectivity index (χ4n) is 1.01. The summed E-state index contributed by atoms with van der Waals surface area (Å²) in [5, 5.41) is 3.27. The second-order valence-corrected chi connectivity index (χ2v) is 2.72. The highest BCUT2D eigenvalue weighted by atomic mass is 32.1. The van der Waals surface area contributed by atoms with Crippen molar-refractivity contribution in [3.63, 3.8) is 0 Å². The number of nitrogens with one attached hydrogen (secondary N) is 1. The highest BCUT2D eigenvalue weighted by molar-refractivity contribution is 7.71. The Morgan fingerprint density at radius 2 is 2.33 bits per heavy atom. The van der Waals surface area contributed by atoms with Crippen LogP contribution in [0.25, 0.3) is 11.0 Å². The van der Waals surface area contributed by atoms with Gasteiger partial charge in [-0.15, -0.1) is 0 Å². The molecule has 0 aliphatic rings. The summed E-state index contributed by atoms with van der Waals surface area (Å²) in [6.45, 7) is 0. The largest absolute Gasteiger partial charge is 0.330 e. The van der Waals surface area contributed by atoms with E-state index in [4.69, 9.17) is 20.2 Å². The molecular weight excluding hydrogens is 176 g/mol. The van der Waals surface area contributed by atoms with Crippen molar-refractivity contribution in [2.75, 3.05) is 0 Å². The van der Waals surface area contributed by atoms with Gasteiger partial charge < -0.3 is 4.59 Å². The quantitative estimate of drug-likeness (QED) is 0.374. The van der Waals surface area contributed by atoms with Crippen LogP contribution >= 0.6 is 12.2 Å². The topological polar surface area (TPSA) is 33.6 Å². The van der Waals surface area contributed by atoms with E-state index >= 15 is 0 Å². The van der Waals surface area contributed by atoms with E-state index in [0.29, 0.717) is 15.7 Å². The van der Waals surface area contributed by atoms with E-state index in [1.807, 2.05) is 0 Å². The van der Waals surface area contributed by atoms with Crippen molar-refractivity contribution in [1.29, 1.82) is 0 Å². The number of aromatic amines is 1. The van der Waals surface area contributed by atoms with Gasteiger partial charge in [-0.05, 0) is 12.1 Å². The van der Waals surface area contributed by atoms with Gasteiger partial charge in [0.1, 0.15) is 10.3 Å². The molecule has 0 bridgehead atoms. The van der Waals surface area contributed by atoms with Crippen molar-refractivity contribution >= 4 is 31.2 Å². The highest BCUT2D eigenvalue weighted by Crippen LogP contribution is 2.11. The summed E-state index contributed by atoms with van der Waals surface area (Å²) in [7, 11) is 5.41. The molecule has 0 unspecified atom stereocenters. The van der Waals surface area contributed by atoms with Gasteiger partial charge in [0.15, 0.2) is 0 Å². The van der Waals surface area contributed by atoms with E-state index < -0.39 is 5.95 Å². The van der Waals surface area contributed by atoms with Gasteiger partial charge in [-0.1, -0.05) is 12.2 Å². The number of pyridine rings is 1. The van der Waals surface area contributed by atoms with Crippen molar-refractivity contribution < 1.29 is 4.39 Å². The van der Waals surface area contributed by atoms with Crippen LogP contribution in [0.15, 0.2) is 12.1 Å². The number of fused-ring (bicyclic) bond motifs is 1. The molecule has 0 aliphatic carbocycles. The average molecular weight is 179 g/mol. The molecule has 0 saturated heterocycles. The number of nitrogens with zero attached hydrogens (tertiary/aromatic N) is 2. The molecule has 0 fully saturated rings. The standard InChI is InChI=1S/C6H3BFN3S/c7-11-5-3(6(12)10-11)1-2-4(8)9-5/h1-2H,(H,10,12). The maximum absolute atomic E-state index is 12.6. The molecule has 0 saturated carbocycles. The van der Waals surface area contributed by atoms with Gasteiger partial charge in [-0.3, -0.25) is 5.10 Å². The predicted octanol–water partition coefficient (Wildman–Crippen LogP) is 1.16. The molecule has 12 heavy (non-hydrogen) atoms. The number of H-pyrrole nitrogens is 1. The third kappa shape index (κ3) is 0.955. The smallest absolute Gasteiger partial charge is 0.264 e. The summed E-state index contributed by atoms with van der Waals surface area (Å²) in [4.78, 5) is 3.57. The molecular formula is C6H3BFN3S. The lowest BCUT2D eigenvalue weighted by Crippen LogP contribution is -1.95. The molecule has 0 aliphatic heterocycles. The van der Waals surface area contributed by atoms with Crippen LogP contribution < -0.4 is 0 Å². The lowest BCUT2D eigenvalue weighted by Gasteiger charge is -1.92. The van der Waals surface area contributed by atoms with Crippen LogP contribution in [0.3, 0.4) is 0 Å². The van der Waals surface area contributed by atoms with Crippen LogP contribution in [-0.2, 0) is 0 Å². The summed E-state index contributed by atoms with van der Waals surface area (Å²) >= 11 is 4.90. The zero-order chi connectivity index (χ0) is 8.72. The molecule has 2 heterocycles. The minimum atomic E-state index is -0.573. The average Bonchev–Trinajstić information content (AvgIpc) is 2.28. The van der Waals surface area contributed by atoms with E-state index in [1.165, 1.54) is 6.07 Å². The number of hydrogen-bond donors (Lipinski definition) is 1. The normalized spacial score (nSPS) is 10.8. The first-order chi connectivity index (χ1) is 5.68. The second-order valence-electron chi connectivity index (χ2n) is 2.32. The number of rotatable bonds is 0. The molecule has 3 nitrogen and oxygen atoms in total. The summed E-state index contributed by atoms with van der Waals surface area (Å²) in [6, 6.07) is 2.78. The first-order valence-corrected chi connectivity index (χ1v) is 3.61. The molecule has 2 aromatic heterocycles. The Balaban J connectivity index is 3.00. The van der Waals surface area contributed by atoms with Gasteiger partial charge in [0.25, 0.3) is 7.98 Å². The van der Waals surface area contributed by atoms with Gasteiger partial charge in [0.05, 0.1) is 5.39 Å². The third-order valence-corrected chi connectivity index (χ3v) is 1.85. The third-order valence-electron chi connectivity index (χ3n) is 1.54. The van der Waals surface area contributed by atoms with Crippen molar-refractivity contribution in [3.05, 3.63) is 22.7 Å². The molecule has 1 N–H and O–H groups in total. The summed E-state index contributed by atoms with van der Waals surface area (Å²) in [5.74, 6) is -0.573. The molecule has 2 radical (unpaired) electrons. The molecule has 58 valence electrons. The van der Waals surface area contributed by atoms with Gasteiger partial charge in [0, 0.05) is 0 Å². The minimum Gasteiger partial charge on any atom is -0.330 e. The fraction of sp³-hybridized carbons (Fsp3) is 0. The van der Waals surface area contributed by atoms with Crippen molar-refractivity contribution in [3.8, 4) is 0 Å². The molecule has 0 amide bonds. The summed E-state index contributed by atoms with van der Waals surface area (Å²) < 4.78 is 14.2. The Hall–Kier alpha value is -1.17. The number of hydrogen-bond acceptors (Lipinski definition) is 2. The monoisotopic (exact) mass is 179 g/mol. The van der Waals surface area contributed by atoms with Crippen molar-refractivity contribution in [2.45, 2.75) is 0 Å². The van der Waals surface area contributed by atoms with E-state index in [-0.39, 0.29) is 0 Å². The summed E-state index contributed by atoms with van der Waals surface area (Å²) in [5.41, 5.74) is 0.319. The minimum absolute atomic E-state index is 0.319. The Morgan fingerprint density at radius 1 is 1.58 bits per heavy atom. The van der Waals surface area contributed by atoms with Crippen LogP contribution in [0.4, 0.5) is 4.39 Å². The predicted molar refractivity (Wildman–Crippen MR) is 46.0 cm³/mol. The first-order valence-electron chi connectivity index (χ1n) is 3.21. The first kappa shape index (κ1) is 7.48. The second kappa shape index (κ2) is 2.41. The van der Waals surface area contributed by atoms with E-state index in [9.17, 15) is 4.39 Å². The van der Waals surface area contributed by atoms with Crippen molar-refractivity contribution in [2.24, 2.45) is 0 Å². The lowest BCUT2D eigenvalue weighted by atomic mass is 10.3. The van der Waals surface area contributed by atoms with Gasteiger partial charge >= 0.3 is 0 Å². The zero-order valence-corrected chi connectivity index (χ0v) is 6.73. The van der Waals surface area contributed by atoms with Crippen LogP contribution in [-0.4, -0.2) is 22.7 Å². The van der Waals surface area contributed by atoms with Crippen LogP contribution in [0.5, 0.6) is 0 Å². The number of aromatic nitrogens is 3. The van der Waals surface area contributed by atoms with Crippen LogP contribution in [0.1, 0.15) is 0 Å². The molecule has 0 atom stereocenters. The highest BCUT2D eigenvalue weighted by Gasteiger charge is 2.02. The molecule has 0 aromatic carbocycles. The SMILES string of the molecule is [B]n1[nH]c(=S)c2ccc(F)nc21. The molecule has 6 heteroatoms. The zero-order valence-electron chi connectivity index (χ0n) is 5.91. The molecule has 2 aromatic rings. The lowest BCUT2D eigenvalue weighted by molar-refractivity contribution is 0.587. The van der Waals surface area contributed by atoms with Gasteiger partial charge in [0.2, 0.25) is 5.95 Å². The van der Waals surface area contributed by atoms with E-state index in [0.717, 1.165) is 4.59 Å². The van der Waals surface area contributed by atoms with Crippen LogP contribution in [0, 0.1) is 10.6 Å². The van der Waals surface area contributed by atoms with Gasteiger partial charge in [-0.2, -0.15) is 4.39 Å². The molecule has 2 rings (SSSR count). The van der Waals surface area contributed by atoms with Crippen LogP contribution in [0.2, 0.25) is 0 Å². The maximum atomic E-state index is 12.6. The Morgan fingerprint density at radius 3 is 3.08 bits per heavy atom. The van der Waals surface area contributed by atoms with Crippen molar-refractivity contribution in [1.82, 2.24) is 14.7 Å². The van der Waals surface area contributed by atoms with E-state index in [2.05, 4.69) is 10.1 Å². The Kier molecular flexibility index (Phi) is 1.50. The number of halogens is 1. The maximum Gasteiger partial charge on any atom is 0.264 e. The molecule has 0 spiro atoms. The van der Waals surface area contributed by atoms with E-state index in [1.54, 1.807) is 6.07 Å². The summed E-state index contributed by atoms with van der Waals surface area (Å²) in [6.07, 6.45) is 0. The Labute approximate surface area is 73.6 Å². The fourth-order valence-corrected chi connectivity index (χ4v) is 1.27. The van der Waals surface area contributed by atoms with Gasteiger partial charge in [-0.25, -0.2) is 4.98 Å². The Bertz CT molecular complexity index is 489.